The van der Waals surface area contributed by atoms with Gasteiger partial charge in [0.1, 0.15) is 11.5 Å². The van der Waals surface area contributed by atoms with Crippen molar-refractivity contribution in [3.8, 4) is 5.75 Å². The molecule has 122 valence electrons. The van der Waals surface area contributed by atoms with Gasteiger partial charge in [0.25, 0.3) is 0 Å². The number of hydrogen-bond acceptors (Lipinski definition) is 4. The molecular weight excluding hydrogens is 338 g/mol. The molecular formula is C15H17F3KNO3. The Kier molecular flexibility index (Phi) is 9.60. The first-order valence-corrected chi connectivity index (χ1v) is 6.65. The van der Waals surface area contributed by atoms with E-state index in [1.165, 1.54) is 31.4 Å². The third-order valence-corrected chi connectivity index (χ3v) is 2.88. The zero-order chi connectivity index (χ0) is 16.9. The summed E-state index contributed by atoms with van der Waals surface area (Å²) in [4.78, 5) is 14.4. The van der Waals surface area contributed by atoms with E-state index in [0.717, 1.165) is 0 Å². The van der Waals surface area contributed by atoms with E-state index in [-0.39, 0.29) is 69.3 Å². The van der Waals surface area contributed by atoms with Gasteiger partial charge in [0, 0.05) is 5.56 Å². The fraction of sp³-hybridized carbons (Fsp3) is 0.467. The molecule has 1 aromatic rings. The van der Waals surface area contributed by atoms with E-state index in [9.17, 15) is 23.1 Å². The van der Waals surface area contributed by atoms with Crippen LogP contribution in [-0.2, 0) is 4.79 Å². The Morgan fingerprint density at radius 1 is 1.26 bits per heavy atom. The van der Waals surface area contributed by atoms with Crippen molar-refractivity contribution < 1.29 is 79.2 Å². The molecule has 0 aliphatic rings. The maximum atomic E-state index is 13.2. The molecule has 0 saturated heterocycles. The summed E-state index contributed by atoms with van der Waals surface area (Å²) in [6.07, 6.45) is -4.79. The number of carbonyl (C=O) groups is 1. The van der Waals surface area contributed by atoms with Crippen molar-refractivity contribution >= 4 is 11.7 Å². The quantitative estimate of drug-likeness (QED) is 0.497. The first kappa shape index (κ1) is 22.6. The van der Waals surface area contributed by atoms with Crippen molar-refractivity contribution in [2.24, 2.45) is 10.9 Å². The van der Waals surface area contributed by atoms with Crippen molar-refractivity contribution in [3.05, 3.63) is 29.8 Å². The van der Waals surface area contributed by atoms with Gasteiger partial charge in [-0.2, -0.15) is 13.2 Å². The molecule has 0 amide bonds. The molecule has 1 atom stereocenters. The molecule has 0 aliphatic carbocycles. The maximum absolute atomic E-state index is 13.2. The summed E-state index contributed by atoms with van der Waals surface area (Å²) in [5.41, 5.74) is -1.45. The van der Waals surface area contributed by atoms with E-state index >= 15 is 0 Å². The summed E-state index contributed by atoms with van der Waals surface area (Å²) < 4.78 is 44.4. The molecule has 0 heterocycles. The second-order valence-corrected chi connectivity index (χ2v) is 5.17. The van der Waals surface area contributed by atoms with Crippen molar-refractivity contribution in [2.75, 3.05) is 7.11 Å². The van der Waals surface area contributed by atoms with Gasteiger partial charge in [0.15, 0.2) is 0 Å². The van der Waals surface area contributed by atoms with Crippen molar-refractivity contribution in [1.82, 2.24) is 0 Å². The number of methoxy groups -OCH3 is 1. The van der Waals surface area contributed by atoms with Gasteiger partial charge < -0.3 is 14.6 Å². The van der Waals surface area contributed by atoms with Crippen molar-refractivity contribution in [3.63, 3.8) is 0 Å². The van der Waals surface area contributed by atoms with Crippen LogP contribution in [0.1, 0.15) is 25.8 Å². The molecule has 0 aromatic heterocycles. The number of ether oxygens (including phenoxy) is 1. The molecule has 8 heteroatoms. The number of alkyl halides is 3. The number of carboxylic acids is 1. The molecule has 0 unspecified atom stereocenters. The number of halogens is 3. The molecule has 0 spiro atoms. The Bertz CT molecular complexity index is 542. The predicted octanol–water partition coefficient (Wildman–Crippen LogP) is -0.785. The van der Waals surface area contributed by atoms with Crippen LogP contribution >= 0.6 is 0 Å². The van der Waals surface area contributed by atoms with Gasteiger partial charge in [0.05, 0.1) is 19.1 Å². The number of benzene rings is 1. The smallest absolute Gasteiger partial charge is 0.548 e. The van der Waals surface area contributed by atoms with Gasteiger partial charge in [-0.15, -0.1) is 0 Å². The molecule has 1 rings (SSSR count). The summed E-state index contributed by atoms with van der Waals surface area (Å²) in [5, 5.41) is 11.0. The average molecular weight is 355 g/mol. The molecule has 0 fully saturated rings. The fourth-order valence-electron chi connectivity index (χ4n) is 1.86. The summed E-state index contributed by atoms with van der Waals surface area (Å²) in [6.45, 7) is 3.40. The second-order valence-electron chi connectivity index (χ2n) is 5.17. The summed E-state index contributed by atoms with van der Waals surface area (Å²) >= 11 is 0. The number of aliphatic carboxylic acids is 1. The monoisotopic (exact) mass is 355 g/mol. The third kappa shape index (κ3) is 7.34. The van der Waals surface area contributed by atoms with E-state index in [1.54, 1.807) is 13.8 Å². The van der Waals surface area contributed by atoms with Crippen LogP contribution in [0, 0.1) is 5.92 Å². The number of carboxylic acid groups (broad SMARTS) is 1. The molecule has 0 radical (unpaired) electrons. The zero-order valence-corrected chi connectivity index (χ0v) is 16.6. The fourth-order valence-corrected chi connectivity index (χ4v) is 1.86. The van der Waals surface area contributed by atoms with E-state index in [1.807, 2.05) is 0 Å². The Balaban J connectivity index is 0.00000484. The molecule has 0 saturated carbocycles. The van der Waals surface area contributed by atoms with Crippen LogP contribution in [0.15, 0.2) is 29.3 Å². The number of hydrogen-bond donors (Lipinski definition) is 0. The standard InChI is InChI=1S/C15H18F3NO3.K/c1-9(2)8-12(14(20)21)19-13(15(16,17)18)10-4-6-11(22-3)7-5-10;/h4-7,9,12H,8H2,1-3H3,(H,20,21);/q;+1/p-1/t12-;/m0./s1. The molecule has 1 aromatic carbocycles. The van der Waals surface area contributed by atoms with Crippen LogP contribution in [0.25, 0.3) is 0 Å². The van der Waals surface area contributed by atoms with Crippen LogP contribution in [0.4, 0.5) is 13.2 Å². The summed E-state index contributed by atoms with van der Waals surface area (Å²) in [5.74, 6) is -1.36. The summed E-state index contributed by atoms with van der Waals surface area (Å²) in [6, 6.07) is 3.54. The van der Waals surface area contributed by atoms with Crippen molar-refractivity contribution in [1.29, 1.82) is 0 Å². The summed E-state index contributed by atoms with van der Waals surface area (Å²) in [7, 11) is 1.39. The van der Waals surface area contributed by atoms with Crippen molar-refractivity contribution in [2.45, 2.75) is 32.5 Å². The van der Waals surface area contributed by atoms with Gasteiger partial charge in [0.2, 0.25) is 0 Å². The Morgan fingerprint density at radius 2 is 1.78 bits per heavy atom. The number of rotatable bonds is 6. The zero-order valence-electron chi connectivity index (χ0n) is 13.5. The number of nitrogens with zero attached hydrogens (tertiary/aromatic N) is 1. The van der Waals surface area contributed by atoms with E-state index in [0.29, 0.717) is 5.75 Å². The van der Waals surface area contributed by atoms with E-state index in [4.69, 9.17) is 4.74 Å². The van der Waals surface area contributed by atoms with Crippen LogP contribution < -0.4 is 61.2 Å². The van der Waals surface area contributed by atoms with Crippen LogP contribution in [0.3, 0.4) is 0 Å². The minimum Gasteiger partial charge on any atom is -0.548 e. The predicted molar refractivity (Wildman–Crippen MR) is 73.8 cm³/mol. The largest absolute Gasteiger partial charge is 1.00 e. The van der Waals surface area contributed by atoms with Gasteiger partial charge in [-0.1, -0.05) is 13.8 Å². The van der Waals surface area contributed by atoms with Gasteiger partial charge in [-0.05, 0) is 36.6 Å². The maximum Gasteiger partial charge on any atom is 1.00 e. The van der Waals surface area contributed by atoms with Crippen LogP contribution in [0.2, 0.25) is 0 Å². The Hall–Kier alpha value is -0.414. The van der Waals surface area contributed by atoms with E-state index in [2.05, 4.69) is 4.99 Å². The van der Waals surface area contributed by atoms with Gasteiger partial charge in [-0.3, -0.25) is 4.99 Å². The molecule has 0 aliphatic heterocycles. The number of carbonyl (C=O) groups excluding carboxylic acids is 1. The second kappa shape index (κ2) is 9.78. The molecule has 0 bridgehead atoms. The van der Waals surface area contributed by atoms with Gasteiger partial charge >= 0.3 is 57.6 Å². The Labute approximate surface area is 175 Å². The number of aliphatic imine (C=N–C) groups is 1. The average Bonchev–Trinajstić information content (AvgIpc) is 2.41. The minimum atomic E-state index is -4.76. The Morgan fingerprint density at radius 3 is 2.13 bits per heavy atom. The molecule has 23 heavy (non-hydrogen) atoms. The molecule has 4 nitrogen and oxygen atoms in total. The molecule has 0 N–H and O–H groups in total. The third-order valence-electron chi connectivity index (χ3n) is 2.88. The van der Waals surface area contributed by atoms with Gasteiger partial charge in [-0.25, -0.2) is 0 Å². The van der Waals surface area contributed by atoms with Crippen LogP contribution in [0.5, 0.6) is 5.75 Å². The topological polar surface area (TPSA) is 61.7 Å². The SMILES string of the molecule is COc1ccc(C(=N[C@@H](CC(C)C)C(=O)[O-])C(F)(F)F)cc1.[K+]. The van der Waals surface area contributed by atoms with Crippen LogP contribution in [-0.4, -0.2) is 31.0 Å². The van der Waals surface area contributed by atoms with E-state index < -0.39 is 23.9 Å². The minimum absolute atomic E-state index is 0. The first-order chi connectivity index (χ1) is 10.1. The first-order valence-electron chi connectivity index (χ1n) is 6.65. The normalized spacial score (nSPS) is 13.4.